The number of hydrogen-bond donors (Lipinski definition) is 2. The van der Waals surface area contributed by atoms with Crippen LogP contribution in [0.3, 0.4) is 0 Å². The summed E-state index contributed by atoms with van der Waals surface area (Å²) in [5, 5.41) is 21.4. The Morgan fingerprint density at radius 2 is 1.97 bits per heavy atom. The topological polar surface area (TPSA) is 60.8 Å². The summed E-state index contributed by atoms with van der Waals surface area (Å²) in [5.74, 6) is 3.59. The lowest BCUT2D eigenvalue weighted by molar-refractivity contribution is -0.130. The zero-order valence-electron chi connectivity index (χ0n) is 21.5. The Labute approximate surface area is 210 Å². The molecule has 5 heteroatoms. The third kappa shape index (κ3) is 5.31. The second-order valence-corrected chi connectivity index (χ2v) is 12.7. The molecular weight excluding hydrogens is 442 g/mol. The number of phenols is 1. The molecule has 2 fully saturated rings. The zero-order chi connectivity index (χ0) is 24.3. The summed E-state index contributed by atoms with van der Waals surface area (Å²) >= 11 is 2.05. The van der Waals surface area contributed by atoms with Gasteiger partial charge < -0.3 is 15.1 Å². The maximum atomic E-state index is 12.3. The maximum absolute atomic E-state index is 12.3. The first-order chi connectivity index (χ1) is 16.3. The quantitative estimate of drug-likeness (QED) is 0.362. The van der Waals surface area contributed by atoms with Gasteiger partial charge in [-0.1, -0.05) is 32.8 Å². The van der Waals surface area contributed by atoms with Gasteiger partial charge in [-0.3, -0.25) is 4.79 Å². The lowest BCUT2D eigenvalue weighted by atomic mass is 9.55. The Hall–Kier alpha value is -1.20. The normalized spacial score (nSPS) is 32.1. The number of hydrogen-bond acceptors (Lipinski definition) is 4. The van der Waals surface area contributed by atoms with E-state index in [4.69, 9.17) is 0 Å². The van der Waals surface area contributed by atoms with Crippen molar-refractivity contribution in [1.82, 2.24) is 4.90 Å². The molecule has 2 N–H and O–H groups in total. The number of amides is 1. The lowest BCUT2D eigenvalue weighted by Gasteiger charge is -2.51. The van der Waals surface area contributed by atoms with Crippen LogP contribution in [0.1, 0.15) is 107 Å². The van der Waals surface area contributed by atoms with Gasteiger partial charge in [0.25, 0.3) is 0 Å². The van der Waals surface area contributed by atoms with Crippen LogP contribution in [0.5, 0.6) is 5.75 Å². The Morgan fingerprint density at radius 1 is 1.15 bits per heavy atom. The predicted octanol–water partition coefficient (Wildman–Crippen LogP) is 6.66. The SMILES string of the molecule is CCCCN(C)C(=O)CCCCCS[C@@H]1CC2C(CC[C@@]3(C)C2CC[C@@H]3O)c2ccc(O)cc21. The van der Waals surface area contributed by atoms with Crippen molar-refractivity contribution < 1.29 is 15.0 Å². The summed E-state index contributed by atoms with van der Waals surface area (Å²) in [6.07, 6.45) is 11.5. The molecule has 0 aromatic heterocycles. The summed E-state index contributed by atoms with van der Waals surface area (Å²) < 4.78 is 0. The number of thioether (sulfide) groups is 1. The molecule has 1 aromatic rings. The minimum Gasteiger partial charge on any atom is -0.508 e. The monoisotopic (exact) mass is 487 g/mol. The summed E-state index contributed by atoms with van der Waals surface area (Å²) in [5.41, 5.74) is 2.89. The highest BCUT2D eigenvalue weighted by molar-refractivity contribution is 7.99. The molecule has 0 heterocycles. The number of carbonyl (C=O) groups excluding carboxylic acids is 1. The van der Waals surface area contributed by atoms with Gasteiger partial charge in [-0.25, -0.2) is 0 Å². The van der Waals surface area contributed by atoms with E-state index in [0.29, 0.717) is 35.2 Å². The van der Waals surface area contributed by atoms with Crippen molar-refractivity contribution in [2.24, 2.45) is 17.3 Å². The van der Waals surface area contributed by atoms with Crippen LogP contribution in [0.4, 0.5) is 0 Å². The van der Waals surface area contributed by atoms with Crippen molar-refractivity contribution in [3.8, 4) is 5.75 Å². The Kier molecular flexibility index (Phi) is 8.56. The summed E-state index contributed by atoms with van der Waals surface area (Å²) in [6.45, 7) is 5.37. The standard InChI is InChI=1S/C29H45NO3S/c1-4-5-16-30(3)28(33)9-7-6-8-17-34-26-19-23-22(21-11-10-20(31)18-24(21)26)14-15-29(2)25(23)12-13-27(29)32/h10-11,18,22-23,25-27,31-32H,4-9,12-17,19H2,1-3H3/t22?,23?,25?,26-,27+,29+/m1/s1. The maximum Gasteiger partial charge on any atom is 0.222 e. The van der Waals surface area contributed by atoms with Crippen LogP contribution in [-0.4, -0.2) is 46.5 Å². The number of unbranched alkanes of at least 4 members (excludes halogenated alkanes) is 3. The number of nitrogens with zero attached hydrogens (tertiary/aromatic N) is 1. The highest BCUT2D eigenvalue weighted by atomic mass is 32.2. The van der Waals surface area contributed by atoms with Gasteiger partial charge in [0.15, 0.2) is 0 Å². The summed E-state index contributed by atoms with van der Waals surface area (Å²) in [4.78, 5) is 14.1. The molecule has 0 saturated heterocycles. The second-order valence-electron chi connectivity index (χ2n) is 11.4. The fraction of sp³-hybridized carbons (Fsp3) is 0.759. The number of aliphatic hydroxyl groups excluding tert-OH is 1. The Morgan fingerprint density at radius 3 is 2.76 bits per heavy atom. The van der Waals surface area contributed by atoms with Crippen molar-refractivity contribution in [1.29, 1.82) is 0 Å². The summed E-state index contributed by atoms with van der Waals surface area (Å²) in [7, 11) is 1.93. The van der Waals surface area contributed by atoms with Gasteiger partial charge in [-0.05, 0) is 104 Å². The smallest absolute Gasteiger partial charge is 0.222 e. The molecule has 4 rings (SSSR count). The Bertz CT molecular complexity index is 845. The molecule has 2 saturated carbocycles. The molecule has 190 valence electrons. The molecule has 0 bridgehead atoms. The molecule has 0 radical (unpaired) electrons. The third-order valence-corrected chi connectivity index (χ3v) is 10.7. The largest absolute Gasteiger partial charge is 0.508 e. The van der Waals surface area contributed by atoms with Gasteiger partial charge in [-0.2, -0.15) is 11.8 Å². The van der Waals surface area contributed by atoms with Gasteiger partial charge in [0.1, 0.15) is 5.75 Å². The highest BCUT2D eigenvalue weighted by Gasteiger charge is 2.55. The van der Waals surface area contributed by atoms with Crippen LogP contribution in [0.2, 0.25) is 0 Å². The minimum atomic E-state index is -0.144. The number of benzene rings is 1. The fourth-order valence-corrected chi connectivity index (χ4v) is 8.57. The van der Waals surface area contributed by atoms with Crippen molar-refractivity contribution >= 4 is 17.7 Å². The van der Waals surface area contributed by atoms with Crippen LogP contribution in [0, 0.1) is 17.3 Å². The number of aromatic hydroxyl groups is 1. The molecule has 3 aliphatic carbocycles. The van der Waals surface area contributed by atoms with Gasteiger partial charge >= 0.3 is 0 Å². The number of aliphatic hydroxyl groups is 1. The van der Waals surface area contributed by atoms with Crippen molar-refractivity contribution in [3.63, 3.8) is 0 Å². The average molecular weight is 488 g/mol. The van der Waals surface area contributed by atoms with Crippen LogP contribution < -0.4 is 0 Å². The van der Waals surface area contributed by atoms with E-state index in [2.05, 4.69) is 19.9 Å². The number of fused-ring (bicyclic) bond motifs is 5. The summed E-state index contributed by atoms with van der Waals surface area (Å²) in [6, 6.07) is 6.07. The molecular formula is C29H45NO3S. The molecule has 0 aliphatic heterocycles. The molecule has 1 amide bonds. The molecule has 6 atom stereocenters. The fourth-order valence-electron chi connectivity index (χ4n) is 7.18. The zero-order valence-corrected chi connectivity index (χ0v) is 22.3. The minimum absolute atomic E-state index is 0.0850. The molecule has 3 unspecified atom stereocenters. The first kappa shape index (κ1) is 25.9. The van der Waals surface area contributed by atoms with E-state index in [1.807, 2.05) is 35.8 Å². The number of carbonyl (C=O) groups is 1. The van der Waals surface area contributed by atoms with Crippen molar-refractivity contribution in [2.75, 3.05) is 19.3 Å². The predicted molar refractivity (Wildman–Crippen MR) is 141 cm³/mol. The number of phenolic OH excluding ortho intramolecular Hbond substituents is 1. The molecule has 4 nitrogen and oxygen atoms in total. The average Bonchev–Trinajstić information content (AvgIpc) is 3.13. The second kappa shape index (κ2) is 11.2. The first-order valence-electron chi connectivity index (χ1n) is 13.7. The molecule has 0 spiro atoms. The highest BCUT2D eigenvalue weighted by Crippen LogP contribution is 2.63. The van der Waals surface area contributed by atoms with Gasteiger partial charge in [0.05, 0.1) is 6.10 Å². The molecule has 3 aliphatic rings. The van der Waals surface area contributed by atoms with E-state index < -0.39 is 0 Å². The first-order valence-corrected chi connectivity index (χ1v) is 14.8. The van der Waals surface area contributed by atoms with Crippen molar-refractivity contribution in [2.45, 2.75) is 102 Å². The van der Waals surface area contributed by atoms with Crippen molar-refractivity contribution in [3.05, 3.63) is 29.3 Å². The van der Waals surface area contributed by atoms with Crippen LogP contribution in [0.15, 0.2) is 18.2 Å². The van der Waals surface area contributed by atoms with Gasteiger partial charge in [0.2, 0.25) is 5.91 Å². The third-order valence-electron chi connectivity index (χ3n) is 9.32. The van der Waals surface area contributed by atoms with Gasteiger partial charge in [-0.15, -0.1) is 0 Å². The van der Waals surface area contributed by atoms with Crippen LogP contribution >= 0.6 is 11.8 Å². The van der Waals surface area contributed by atoms with E-state index in [-0.39, 0.29) is 17.4 Å². The molecule has 1 aromatic carbocycles. The van der Waals surface area contributed by atoms with E-state index in [9.17, 15) is 15.0 Å². The number of rotatable bonds is 10. The van der Waals surface area contributed by atoms with E-state index in [1.165, 1.54) is 17.5 Å². The van der Waals surface area contributed by atoms with Crippen LogP contribution in [0.25, 0.3) is 0 Å². The van der Waals surface area contributed by atoms with E-state index >= 15 is 0 Å². The Balaban J connectivity index is 1.33. The van der Waals surface area contributed by atoms with Crippen LogP contribution in [-0.2, 0) is 4.79 Å². The molecule has 34 heavy (non-hydrogen) atoms. The van der Waals surface area contributed by atoms with E-state index in [1.54, 1.807) is 0 Å². The lowest BCUT2D eigenvalue weighted by Crippen LogP contribution is -2.44. The van der Waals surface area contributed by atoms with Gasteiger partial charge in [0, 0.05) is 25.3 Å². The van der Waals surface area contributed by atoms with E-state index in [0.717, 1.165) is 70.1 Å².